The molecular formula is C22H21BrN2O5. The van der Waals surface area contributed by atoms with Gasteiger partial charge in [-0.3, -0.25) is 14.9 Å². The van der Waals surface area contributed by atoms with Crippen LogP contribution in [0.25, 0.3) is 6.08 Å². The lowest BCUT2D eigenvalue weighted by Gasteiger charge is -2.26. The maximum Gasteiger partial charge on any atom is 0.335 e. The predicted molar refractivity (Wildman–Crippen MR) is 117 cm³/mol. The summed E-state index contributed by atoms with van der Waals surface area (Å²) in [4.78, 5) is 38.7. The minimum Gasteiger partial charge on any atom is -0.503 e. The second kappa shape index (κ2) is 8.71. The Morgan fingerprint density at radius 2 is 1.83 bits per heavy atom. The summed E-state index contributed by atoms with van der Waals surface area (Å²) in [6.45, 7) is 6.18. The van der Waals surface area contributed by atoms with E-state index in [0.717, 1.165) is 10.5 Å². The summed E-state index contributed by atoms with van der Waals surface area (Å²) in [5.74, 6) is -1.10. The molecule has 2 aromatic carbocycles. The molecule has 0 aliphatic carbocycles. The number of hydrogen-bond donors (Lipinski definition) is 2. The molecule has 0 atom stereocenters. The lowest BCUT2D eigenvalue weighted by molar-refractivity contribution is -0.122. The van der Waals surface area contributed by atoms with E-state index in [4.69, 9.17) is 4.74 Å². The Balaban J connectivity index is 2.00. The summed E-state index contributed by atoms with van der Waals surface area (Å²) in [7, 11) is 0. The molecule has 156 valence electrons. The fourth-order valence-corrected chi connectivity index (χ4v) is 3.47. The minimum atomic E-state index is -0.804. The Morgan fingerprint density at radius 1 is 1.17 bits per heavy atom. The molecule has 2 aromatic rings. The number of benzene rings is 2. The number of imide groups is 2. The van der Waals surface area contributed by atoms with E-state index < -0.39 is 17.8 Å². The van der Waals surface area contributed by atoms with Gasteiger partial charge in [0, 0.05) is 0 Å². The first-order chi connectivity index (χ1) is 14.2. The van der Waals surface area contributed by atoms with Crippen molar-refractivity contribution in [2.24, 2.45) is 0 Å². The van der Waals surface area contributed by atoms with E-state index >= 15 is 0 Å². The van der Waals surface area contributed by atoms with Crippen molar-refractivity contribution in [3.8, 4) is 11.5 Å². The number of ether oxygens (including phenoxy) is 1. The summed E-state index contributed by atoms with van der Waals surface area (Å²) in [5, 5.41) is 12.3. The van der Waals surface area contributed by atoms with E-state index in [0.29, 0.717) is 28.2 Å². The number of hydrogen-bond acceptors (Lipinski definition) is 5. The van der Waals surface area contributed by atoms with Gasteiger partial charge in [-0.25, -0.2) is 9.69 Å². The van der Waals surface area contributed by atoms with Crippen LogP contribution in [0.5, 0.6) is 11.5 Å². The molecule has 1 saturated heterocycles. The number of carbonyl (C=O) groups is 3. The van der Waals surface area contributed by atoms with Crippen LogP contribution in [-0.4, -0.2) is 29.6 Å². The van der Waals surface area contributed by atoms with Crippen molar-refractivity contribution in [3.63, 3.8) is 0 Å². The number of halogens is 1. The molecule has 3 rings (SSSR count). The average Bonchev–Trinajstić information content (AvgIpc) is 2.69. The van der Waals surface area contributed by atoms with Gasteiger partial charge in [0.1, 0.15) is 5.57 Å². The van der Waals surface area contributed by atoms with Gasteiger partial charge in [-0.05, 0) is 70.2 Å². The van der Waals surface area contributed by atoms with Gasteiger partial charge in [-0.1, -0.05) is 26.0 Å². The number of nitrogens with one attached hydrogen (secondary N) is 1. The number of anilines is 1. The van der Waals surface area contributed by atoms with E-state index in [1.54, 1.807) is 25.1 Å². The summed E-state index contributed by atoms with van der Waals surface area (Å²) in [6.07, 6.45) is 1.35. The molecule has 0 radical (unpaired) electrons. The van der Waals surface area contributed by atoms with E-state index in [1.165, 1.54) is 12.1 Å². The molecule has 1 fully saturated rings. The third kappa shape index (κ3) is 4.23. The molecule has 4 amide bonds. The quantitative estimate of drug-likeness (QED) is 0.498. The number of barbiturate groups is 1. The van der Waals surface area contributed by atoms with Crippen molar-refractivity contribution in [2.45, 2.75) is 26.7 Å². The fraction of sp³-hybridized carbons (Fsp3) is 0.227. The highest BCUT2D eigenvalue weighted by molar-refractivity contribution is 9.10. The molecule has 0 saturated carbocycles. The Bertz CT molecular complexity index is 1040. The molecule has 30 heavy (non-hydrogen) atoms. The Labute approximate surface area is 182 Å². The molecule has 7 nitrogen and oxygen atoms in total. The van der Waals surface area contributed by atoms with Crippen LogP contribution in [0.4, 0.5) is 10.5 Å². The van der Waals surface area contributed by atoms with E-state index in [9.17, 15) is 19.5 Å². The average molecular weight is 473 g/mol. The first-order valence-electron chi connectivity index (χ1n) is 9.39. The summed E-state index contributed by atoms with van der Waals surface area (Å²) < 4.78 is 5.73. The smallest absolute Gasteiger partial charge is 0.335 e. The molecule has 8 heteroatoms. The Kier molecular flexibility index (Phi) is 6.26. The zero-order valence-electron chi connectivity index (χ0n) is 16.7. The van der Waals surface area contributed by atoms with Gasteiger partial charge >= 0.3 is 6.03 Å². The normalized spacial score (nSPS) is 15.7. The van der Waals surface area contributed by atoms with Crippen LogP contribution < -0.4 is 15.0 Å². The van der Waals surface area contributed by atoms with Crippen molar-refractivity contribution in [1.82, 2.24) is 5.32 Å². The van der Waals surface area contributed by atoms with Crippen molar-refractivity contribution in [2.75, 3.05) is 11.5 Å². The van der Waals surface area contributed by atoms with Crippen LogP contribution in [0.15, 0.2) is 46.4 Å². The molecule has 0 unspecified atom stereocenters. The number of aromatic hydroxyl groups is 1. The zero-order chi connectivity index (χ0) is 22.0. The Morgan fingerprint density at radius 3 is 2.43 bits per heavy atom. The SMILES string of the molecule is CCOc1cc(C=C2C(=O)NC(=O)N(c3ccc(C(C)C)cc3)C2=O)cc(Br)c1O. The molecular weight excluding hydrogens is 452 g/mol. The lowest BCUT2D eigenvalue weighted by Crippen LogP contribution is -2.54. The molecule has 1 aliphatic heterocycles. The molecule has 1 heterocycles. The number of phenolic OH excluding ortho intramolecular Hbond substituents is 1. The van der Waals surface area contributed by atoms with Crippen LogP contribution in [0.3, 0.4) is 0 Å². The van der Waals surface area contributed by atoms with Crippen molar-refractivity contribution in [3.05, 3.63) is 57.6 Å². The number of rotatable bonds is 5. The third-order valence-electron chi connectivity index (χ3n) is 4.58. The summed E-state index contributed by atoms with van der Waals surface area (Å²) in [5.41, 5.74) is 1.67. The molecule has 0 aromatic heterocycles. The van der Waals surface area contributed by atoms with Gasteiger partial charge in [0.25, 0.3) is 11.8 Å². The van der Waals surface area contributed by atoms with Crippen LogP contribution in [0.2, 0.25) is 0 Å². The van der Waals surface area contributed by atoms with Crippen molar-refractivity contribution in [1.29, 1.82) is 0 Å². The zero-order valence-corrected chi connectivity index (χ0v) is 18.3. The van der Waals surface area contributed by atoms with E-state index in [2.05, 4.69) is 21.2 Å². The van der Waals surface area contributed by atoms with Gasteiger partial charge in [0.2, 0.25) is 0 Å². The highest BCUT2D eigenvalue weighted by Gasteiger charge is 2.36. The lowest BCUT2D eigenvalue weighted by atomic mass is 10.0. The first kappa shape index (κ1) is 21.6. The monoisotopic (exact) mass is 472 g/mol. The number of nitrogens with zero attached hydrogens (tertiary/aromatic N) is 1. The number of urea groups is 1. The molecule has 2 N–H and O–H groups in total. The van der Waals surface area contributed by atoms with Crippen molar-refractivity contribution < 1.29 is 24.2 Å². The molecule has 1 aliphatic rings. The van der Waals surface area contributed by atoms with Crippen molar-refractivity contribution >= 4 is 45.5 Å². The Hall–Kier alpha value is -3.13. The van der Waals surface area contributed by atoms with Gasteiger partial charge in [-0.15, -0.1) is 0 Å². The third-order valence-corrected chi connectivity index (χ3v) is 5.19. The van der Waals surface area contributed by atoms with Crippen LogP contribution in [-0.2, 0) is 9.59 Å². The van der Waals surface area contributed by atoms with E-state index in [1.807, 2.05) is 26.0 Å². The van der Waals surface area contributed by atoms with Crippen LogP contribution in [0, 0.1) is 0 Å². The van der Waals surface area contributed by atoms with Crippen LogP contribution >= 0.6 is 15.9 Å². The maximum absolute atomic E-state index is 13.0. The second-order valence-corrected chi connectivity index (χ2v) is 7.84. The summed E-state index contributed by atoms with van der Waals surface area (Å²) in [6, 6.07) is 9.27. The van der Waals surface area contributed by atoms with Gasteiger partial charge in [0.05, 0.1) is 16.8 Å². The molecule has 0 spiro atoms. The summed E-state index contributed by atoms with van der Waals surface area (Å²) >= 11 is 3.23. The van der Waals surface area contributed by atoms with Gasteiger partial charge in [-0.2, -0.15) is 0 Å². The number of amides is 4. The highest BCUT2D eigenvalue weighted by Crippen LogP contribution is 2.36. The molecule has 0 bridgehead atoms. The number of phenols is 1. The number of carbonyl (C=O) groups excluding carboxylic acids is 3. The largest absolute Gasteiger partial charge is 0.503 e. The topological polar surface area (TPSA) is 95.9 Å². The van der Waals surface area contributed by atoms with Gasteiger partial charge in [0.15, 0.2) is 11.5 Å². The standard InChI is InChI=1S/C22H21BrN2O5/c1-4-30-18-11-13(10-17(23)19(18)26)9-16-20(27)24-22(29)25(21(16)28)15-7-5-14(6-8-15)12(2)3/h5-12,26H,4H2,1-3H3,(H,24,27,29). The van der Waals surface area contributed by atoms with E-state index in [-0.39, 0.29) is 17.1 Å². The highest BCUT2D eigenvalue weighted by atomic mass is 79.9. The van der Waals surface area contributed by atoms with Crippen LogP contribution in [0.1, 0.15) is 37.8 Å². The minimum absolute atomic E-state index is 0.0829. The predicted octanol–water partition coefficient (Wildman–Crippen LogP) is 4.34. The maximum atomic E-state index is 13.0. The second-order valence-electron chi connectivity index (χ2n) is 6.99. The fourth-order valence-electron chi connectivity index (χ4n) is 3.01. The van der Waals surface area contributed by atoms with Gasteiger partial charge < -0.3 is 9.84 Å². The first-order valence-corrected chi connectivity index (χ1v) is 10.2.